The first-order valence-corrected chi connectivity index (χ1v) is 5.07. The zero-order chi connectivity index (χ0) is 9.97. The van der Waals surface area contributed by atoms with Crippen molar-refractivity contribution in [1.29, 1.82) is 5.41 Å². The second-order valence-electron chi connectivity index (χ2n) is 3.85. The third-order valence-corrected chi connectivity index (χ3v) is 2.73. The summed E-state index contributed by atoms with van der Waals surface area (Å²) in [6.45, 7) is 4.12. The van der Waals surface area contributed by atoms with Gasteiger partial charge in [-0.15, -0.1) is 0 Å². The molecule has 1 saturated heterocycles. The molecule has 1 fully saturated rings. The van der Waals surface area contributed by atoms with Crippen molar-refractivity contribution in [2.24, 2.45) is 0 Å². The number of aromatic nitrogens is 2. The molecule has 4 nitrogen and oxygen atoms in total. The van der Waals surface area contributed by atoms with Gasteiger partial charge in [0.25, 0.3) is 0 Å². The lowest BCUT2D eigenvalue weighted by Gasteiger charge is -2.26. The van der Waals surface area contributed by atoms with Crippen molar-refractivity contribution in [3.8, 4) is 0 Å². The van der Waals surface area contributed by atoms with E-state index in [4.69, 9.17) is 5.41 Å². The molecule has 1 aromatic rings. The Kier molecular flexibility index (Phi) is 2.52. The maximum absolute atomic E-state index is 7.77. The molecule has 2 heterocycles. The minimum Gasteiger partial charge on any atom is -0.356 e. The van der Waals surface area contributed by atoms with Gasteiger partial charge in [-0.3, -0.25) is 5.41 Å². The quantitative estimate of drug-likeness (QED) is 0.785. The minimum atomic E-state index is 0.402. The number of amidine groups is 1. The molecular formula is C10H16N4. The molecule has 0 spiro atoms. The van der Waals surface area contributed by atoms with Gasteiger partial charge in [-0.25, -0.2) is 4.98 Å². The normalized spacial score (nSPS) is 18.9. The molecule has 0 aliphatic carbocycles. The van der Waals surface area contributed by atoms with Crippen molar-refractivity contribution < 1.29 is 0 Å². The Labute approximate surface area is 84.1 Å². The minimum absolute atomic E-state index is 0.402. The average Bonchev–Trinajstić information content (AvgIpc) is 2.75. The second kappa shape index (κ2) is 3.82. The predicted molar refractivity (Wildman–Crippen MR) is 55.4 cm³/mol. The lowest BCUT2D eigenvalue weighted by atomic mass is 10.3. The third kappa shape index (κ3) is 1.78. The highest BCUT2D eigenvalue weighted by molar-refractivity contribution is 5.81. The fourth-order valence-electron chi connectivity index (χ4n) is 1.98. The number of nitrogens with zero attached hydrogens (tertiary/aromatic N) is 3. The topological polar surface area (TPSA) is 44.9 Å². The van der Waals surface area contributed by atoms with Crippen LogP contribution in [-0.4, -0.2) is 32.9 Å². The predicted octanol–water partition coefficient (Wildman–Crippen LogP) is 1.34. The number of nitrogens with one attached hydrogen (secondary N) is 1. The first-order chi connectivity index (χ1) is 6.77. The van der Waals surface area contributed by atoms with Gasteiger partial charge in [-0.05, 0) is 13.3 Å². The number of rotatable bonds is 3. The van der Waals surface area contributed by atoms with Crippen LogP contribution in [-0.2, 0) is 6.54 Å². The molecule has 1 atom stereocenters. The summed E-state index contributed by atoms with van der Waals surface area (Å²) in [5, 5.41) is 7.77. The van der Waals surface area contributed by atoms with E-state index < -0.39 is 0 Å². The first-order valence-electron chi connectivity index (χ1n) is 5.07. The summed E-state index contributed by atoms with van der Waals surface area (Å²) in [4.78, 5) is 6.19. The fraction of sp³-hybridized carbons (Fsp3) is 0.600. The van der Waals surface area contributed by atoms with Crippen LogP contribution in [0.2, 0.25) is 0 Å². The van der Waals surface area contributed by atoms with E-state index >= 15 is 0 Å². The Morgan fingerprint density at radius 2 is 2.50 bits per heavy atom. The van der Waals surface area contributed by atoms with Gasteiger partial charge in [0.15, 0.2) is 0 Å². The van der Waals surface area contributed by atoms with Gasteiger partial charge in [0, 0.05) is 37.9 Å². The van der Waals surface area contributed by atoms with Gasteiger partial charge in [0.2, 0.25) is 0 Å². The third-order valence-electron chi connectivity index (χ3n) is 2.73. The summed E-state index contributed by atoms with van der Waals surface area (Å²) in [5.41, 5.74) is 0. The van der Waals surface area contributed by atoms with Crippen molar-refractivity contribution in [3.05, 3.63) is 18.7 Å². The molecule has 0 amide bonds. The zero-order valence-corrected chi connectivity index (χ0v) is 8.48. The molecule has 0 saturated carbocycles. The van der Waals surface area contributed by atoms with E-state index in [2.05, 4.69) is 21.4 Å². The van der Waals surface area contributed by atoms with Crippen LogP contribution in [0.4, 0.5) is 0 Å². The lowest BCUT2D eigenvalue weighted by Crippen LogP contribution is -2.36. The van der Waals surface area contributed by atoms with Gasteiger partial charge < -0.3 is 9.47 Å². The Morgan fingerprint density at radius 1 is 1.64 bits per heavy atom. The Bertz CT molecular complexity index is 304. The molecule has 4 heteroatoms. The van der Waals surface area contributed by atoms with Crippen LogP contribution in [0, 0.1) is 5.41 Å². The van der Waals surface area contributed by atoms with Gasteiger partial charge in [-0.2, -0.15) is 0 Å². The smallest absolute Gasteiger partial charge is 0.0961 e. The Balaban J connectivity index is 1.95. The van der Waals surface area contributed by atoms with E-state index in [-0.39, 0.29) is 0 Å². The summed E-state index contributed by atoms with van der Waals surface area (Å²) in [6.07, 6.45) is 7.66. The molecule has 1 aromatic heterocycles. The van der Waals surface area contributed by atoms with E-state index in [1.54, 1.807) is 6.20 Å². The molecule has 1 N–H and O–H groups in total. The lowest BCUT2D eigenvalue weighted by molar-refractivity contribution is 0.318. The van der Waals surface area contributed by atoms with Crippen molar-refractivity contribution in [2.45, 2.75) is 32.4 Å². The highest BCUT2D eigenvalue weighted by Gasteiger charge is 2.21. The van der Waals surface area contributed by atoms with E-state index in [0.29, 0.717) is 6.04 Å². The van der Waals surface area contributed by atoms with Crippen LogP contribution in [0.3, 0.4) is 0 Å². The van der Waals surface area contributed by atoms with Gasteiger partial charge in [0.05, 0.1) is 12.2 Å². The molecule has 1 aliphatic heterocycles. The fourth-order valence-corrected chi connectivity index (χ4v) is 1.98. The van der Waals surface area contributed by atoms with Crippen molar-refractivity contribution in [3.63, 3.8) is 0 Å². The summed E-state index contributed by atoms with van der Waals surface area (Å²) >= 11 is 0. The van der Waals surface area contributed by atoms with Crippen LogP contribution < -0.4 is 0 Å². The monoisotopic (exact) mass is 192 g/mol. The molecule has 0 radical (unpaired) electrons. The average molecular weight is 192 g/mol. The molecule has 0 aromatic carbocycles. The Hall–Kier alpha value is -1.32. The van der Waals surface area contributed by atoms with Gasteiger partial charge >= 0.3 is 0 Å². The van der Waals surface area contributed by atoms with Crippen LogP contribution in [0.15, 0.2) is 18.7 Å². The molecule has 2 rings (SSSR count). The van der Waals surface area contributed by atoms with E-state index in [9.17, 15) is 0 Å². The van der Waals surface area contributed by atoms with Crippen molar-refractivity contribution in [2.75, 3.05) is 6.54 Å². The highest BCUT2D eigenvalue weighted by atomic mass is 15.2. The molecule has 1 aliphatic rings. The highest BCUT2D eigenvalue weighted by Crippen LogP contribution is 2.14. The maximum atomic E-state index is 7.77. The maximum Gasteiger partial charge on any atom is 0.0961 e. The number of imidazole rings is 1. The largest absolute Gasteiger partial charge is 0.356 e. The molecular weight excluding hydrogens is 176 g/mol. The van der Waals surface area contributed by atoms with Crippen LogP contribution in [0.25, 0.3) is 0 Å². The second-order valence-corrected chi connectivity index (χ2v) is 3.85. The van der Waals surface area contributed by atoms with Crippen LogP contribution in [0.5, 0.6) is 0 Å². The zero-order valence-electron chi connectivity index (χ0n) is 8.48. The number of likely N-dealkylation sites (tertiary alicyclic amines) is 1. The SMILES string of the molecule is CC(Cn1ccnc1)N1CCCC1=N. The summed E-state index contributed by atoms with van der Waals surface area (Å²) in [6, 6.07) is 0.402. The summed E-state index contributed by atoms with van der Waals surface area (Å²) < 4.78 is 2.07. The number of hydrogen-bond acceptors (Lipinski definition) is 2. The van der Waals surface area contributed by atoms with E-state index in [0.717, 1.165) is 31.8 Å². The Morgan fingerprint density at radius 3 is 3.07 bits per heavy atom. The first kappa shape index (κ1) is 9.24. The molecule has 14 heavy (non-hydrogen) atoms. The molecule has 76 valence electrons. The van der Waals surface area contributed by atoms with Gasteiger partial charge in [-0.1, -0.05) is 0 Å². The van der Waals surface area contributed by atoms with E-state index in [1.807, 2.05) is 12.5 Å². The molecule has 1 unspecified atom stereocenters. The molecule has 0 bridgehead atoms. The summed E-state index contributed by atoms with van der Waals surface area (Å²) in [7, 11) is 0. The van der Waals surface area contributed by atoms with Crippen LogP contribution in [0.1, 0.15) is 19.8 Å². The standard InChI is InChI=1S/C10H16N4/c1-9(7-13-6-4-12-8-13)14-5-2-3-10(14)11/h4,6,8-9,11H,2-3,5,7H2,1H3. The van der Waals surface area contributed by atoms with Crippen molar-refractivity contribution in [1.82, 2.24) is 14.5 Å². The van der Waals surface area contributed by atoms with Gasteiger partial charge in [0.1, 0.15) is 0 Å². The van der Waals surface area contributed by atoms with Crippen LogP contribution >= 0.6 is 0 Å². The van der Waals surface area contributed by atoms with E-state index in [1.165, 1.54) is 0 Å². The number of hydrogen-bond donors (Lipinski definition) is 1. The summed E-state index contributed by atoms with van der Waals surface area (Å²) in [5.74, 6) is 0.789. The van der Waals surface area contributed by atoms with Crippen molar-refractivity contribution >= 4 is 5.84 Å².